The third-order valence-corrected chi connectivity index (χ3v) is 3.81. The molecule has 0 aliphatic heterocycles. The molecule has 0 spiro atoms. The molecular formula is C17H15ClN2. The maximum atomic E-state index is 6.33. The SMILES string of the molecule is CC(N)c1ccc(-c2cccc3ccncc23)cc1Cl. The van der Waals surface area contributed by atoms with Crippen LogP contribution in [0.15, 0.2) is 54.9 Å². The van der Waals surface area contributed by atoms with Crippen molar-refractivity contribution in [2.45, 2.75) is 13.0 Å². The highest BCUT2D eigenvalue weighted by Gasteiger charge is 2.09. The molecule has 3 rings (SSSR count). The van der Waals surface area contributed by atoms with Crippen LogP contribution in [-0.4, -0.2) is 4.98 Å². The molecule has 2 nitrogen and oxygen atoms in total. The van der Waals surface area contributed by atoms with E-state index in [4.69, 9.17) is 17.3 Å². The molecule has 3 heteroatoms. The molecule has 0 bridgehead atoms. The van der Waals surface area contributed by atoms with E-state index in [1.807, 2.05) is 37.4 Å². The highest BCUT2D eigenvalue weighted by atomic mass is 35.5. The smallest absolute Gasteiger partial charge is 0.0459 e. The van der Waals surface area contributed by atoms with Gasteiger partial charge in [0.05, 0.1) is 0 Å². The Labute approximate surface area is 123 Å². The van der Waals surface area contributed by atoms with Crippen LogP contribution in [-0.2, 0) is 0 Å². The standard InChI is InChI=1S/C17H15ClN2/c1-11(19)14-6-5-13(9-17(14)18)15-4-2-3-12-7-8-20-10-16(12)15/h2-11H,19H2,1H3. The highest BCUT2D eigenvalue weighted by molar-refractivity contribution is 6.31. The number of rotatable bonds is 2. The first kappa shape index (κ1) is 13.1. The van der Waals surface area contributed by atoms with E-state index in [0.717, 1.165) is 22.1 Å². The van der Waals surface area contributed by atoms with Crippen LogP contribution in [0.1, 0.15) is 18.5 Å². The monoisotopic (exact) mass is 282 g/mol. The summed E-state index contributed by atoms with van der Waals surface area (Å²) >= 11 is 6.33. The van der Waals surface area contributed by atoms with Crippen molar-refractivity contribution in [3.8, 4) is 11.1 Å². The van der Waals surface area contributed by atoms with E-state index >= 15 is 0 Å². The highest BCUT2D eigenvalue weighted by Crippen LogP contribution is 2.32. The van der Waals surface area contributed by atoms with Crippen molar-refractivity contribution in [3.63, 3.8) is 0 Å². The van der Waals surface area contributed by atoms with Crippen LogP contribution in [0.25, 0.3) is 21.9 Å². The molecule has 0 saturated heterocycles. The normalized spacial score (nSPS) is 12.6. The van der Waals surface area contributed by atoms with Crippen molar-refractivity contribution in [3.05, 3.63) is 65.4 Å². The fourth-order valence-corrected chi connectivity index (χ4v) is 2.78. The molecule has 0 aliphatic carbocycles. The van der Waals surface area contributed by atoms with E-state index in [9.17, 15) is 0 Å². The van der Waals surface area contributed by atoms with Crippen LogP contribution in [0.5, 0.6) is 0 Å². The largest absolute Gasteiger partial charge is 0.324 e. The molecule has 0 fully saturated rings. The second-order valence-electron chi connectivity index (χ2n) is 4.93. The number of hydrogen-bond acceptors (Lipinski definition) is 2. The molecule has 1 heterocycles. The van der Waals surface area contributed by atoms with Gasteiger partial charge < -0.3 is 5.73 Å². The molecule has 0 amide bonds. The van der Waals surface area contributed by atoms with Gasteiger partial charge in [0.15, 0.2) is 0 Å². The van der Waals surface area contributed by atoms with Crippen molar-refractivity contribution in [1.82, 2.24) is 4.98 Å². The average molecular weight is 283 g/mol. The van der Waals surface area contributed by atoms with Crippen LogP contribution < -0.4 is 5.73 Å². The van der Waals surface area contributed by atoms with Crippen LogP contribution in [0.4, 0.5) is 0 Å². The molecule has 1 unspecified atom stereocenters. The second kappa shape index (κ2) is 5.23. The molecule has 0 aliphatic rings. The number of nitrogens with zero attached hydrogens (tertiary/aromatic N) is 1. The van der Waals surface area contributed by atoms with Gasteiger partial charge in [0, 0.05) is 28.8 Å². The van der Waals surface area contributed by atoms with Gasteiger partial charge in [0.1, 0.15) is 0 Å². The van der Waals surface area contributed by atoms with Gasteiger partial charge in [-0.05, 0) is 41.1 Å². The maximum Gasteiger partial charge on any atom is 0.0459 e. The van der Waals surface area contributed by atoms with Crippen molar-refractivity contribution >= 4 is 22.4 Å². The van der Waals surface area contributed by atoms with Crippen LogP contribution in [0.2, 0.25) is 5.02 Å². The third kappa shape index (κ3) is 2.28. The van der Waals surface area contributed by atoms with E-state index in [2.05, 4.69) is 23.2 Å². The Kier molecular flexibility index (Phi) is 3.43. The van der Waals surface area contributed by atoms with E-state index < -0.39 is 0 Å². The minimum absolute atomic E-state index is 0.0641. The summed E-state index contributed by atoms with van der Waals surface area (Å²) in [6.45, 7) is 1.93. The lowest BCUT2D eigenvalue weighted by atomic mass is 9.97. The Bertz CT molecular complexity index is 761. The van der Waals surface area contributed by atoms with E-state index in [-0.39, 0.29) is 6.04 Å². The summed E-state index contributed by atoms with van der Waals surface area (Å²) in [7, 11) is 0. The zero-order valence-electron chi connectivity index (χ0n) is 11.2. The minimum Gasteiger partial charge on any atom is -0.324 e. The van der Waals surface area contributed by atoms with Crippen LogP contribution >= 0.6 is 11.6 Å². The molecule has 100 valence electrons. The van der Waals surface area contributed by atoms with Crippen LogP contribution in [0, 0.1) is 0 Å². The van der Waals surface area contributed by atoms with Crippen LogP contribution in [0.3, 0.4) is 0 Å². The van der Waals surface area contributed by atoms with Gasteiger partial charge in [-0.15, -0.1) is 0 Å². The molecule has 2 N–H and O–H groups in total. The lowest BCUT2D eigenvalue weighted by Crippen LogP contribution is -2.05. The molecule has 20 heavy (non-hydrogen) atoms. The van der Waals surface area contributed by atoms with E-state index in [1.165, 1.54) is 5.39 Å². The minimum atomic E-state index is -0.0641. The van der Waals surface area contributed by atoms with Crippen molar-refractivity contribution in [2.75, 3.05) is 0 Å². The summed E-state index contributed by atoms with van der Waals surface area (Å²) in [5.41, 5.74) is 9.08. The van der Waals surface area contributed by atoms with Gasteiger partial charge in [-0.2, -0.15) is 0 Å². The Morgan fingerprint density at radius 1 is 1.15 bits per heavy atom. The number of fused-ring (bicyclic) bond motifs is 1. The molecule has 2 aromatic carbocycles. The fraction of sp³-hybridized carbons (Fsp3) is 0.118. The topological polar surface area (TPSA) is 38.9 Å². The zero-order chi connectivity index (χ0) is 14.1. The first-order valence-electron chi connectivity index (χ1n) is 6.55. The quantitative estimate of drug-likeness (QED) is 0.747. The Morgan fingerprint density at radius 3 is 2.75 bits per heavy atom. The lowest BCUT2D eigenvalue weighted by molar-refractivity contribution is 0.819. The molecule has 0 saturated carbocycles. The number of aromatic nitrogens is 1. The van der Waals surface area contributed by atoms with Gasteiger partial charge in [0.2, 0.25) is 0 Å². The second-order valence-corrected chi connectivity index (χ2v) is 5.33. The average Bonchev–Trinajstić information content (AvgIpc) is 2.46. The molecular weight excluding hydrogens is 268 g/mol. The molecule has 1 atom stereocenters. The van der Waals surface area contributed by atoms with Gasteiger partial charge in [-0.1, -0.05) is 41.9 Å². The van der Waals surface area contributed by atoms with Crippen molar-refractivity contribution in [1.29, 1.82) is 0 Å². The predicted octanol–water partition coefficient (Wildman–Crippen LogP) is 4.57. The maximum absolute atomic E-state index is 6.33. The zero-order valence-corrected chi connectivity index (χ0v) is 11.9. The van der Waals surface area contributed by atoms with E-state index in [1.54, 1.807) is 6.20 Å². The fourth-order valence-electron chi connectivity index (χ4n) is 2.43. The molecule has 0 radical (unpaired) electrons. The number of benzene rings is 2. The van der Waals surface area contributed by atoms with Gasteiger partial charge in [0.25, 0.3) is 0 Å². The Balaban J connectivity index is 2.19. The number of pyridine rings is 1. The number of hydrogen-bond donors (Lipinski definition) is 1. The summed E-state index contributed by atoms with van der Waals surface area (Å²) in [6, 6.07) is 14.2. The van der Waals surface area contributed by atoms with Crippen molar-refractivity contribution in [2.24, 2.45) is 5.73 Å². The third-order valence-electron chi connectivity index (χ3n) is 3.49. The van der Waals surface area contributed by atoms with Gasteiger partial charge >= 0.3 is 0 Å². The summed E-state index contributed by atoms with van der Waals surface area (Å²) in [5.74, 6) is 0. The van der Waals surface area contributed by atoms with Crippen molar-refractivity contribution < 1.29 is 0 Å². The van der Waals surface area contributed by atoms with E-state index in [0.29, 0.717) is 5.02 Å². The summed E-state index contributed by atoms with van der Waals surface area (Å²) < 4.78 is 0. The molecule has 1 aromatic heterocycles. The first-order valence-corrected chi connectivity index (χ1v) is 6.93. The summed E-state index contributed by atoms with van der Waals surface area (Å²) in [5, 5.41) is 3.00. The Morgan fingerprint density at radius 2 is 2.00 bits per heavy atom. The predicted molar refractivity (Wildman–Crippen MR) is 84.8 cm³/mol. The Hall–Kier alpha value is -1.90. The summed E-state index contributed by atoms with van der Waals surface area (Å²) in [4.78, 5) is 4.21. The summed E-state index contributed by atoms with van der Waals surface area (Å²) in [6.07, 6.45) is 3.69. The number of nitrogens with two attached hydrogens (primary N) is 1. The first-order chi connectivity index (χ1) is 9.66. The van der Waals surface area contributed by atoms with Gasteiger partial charge in [-0.3, -0.25) is 4.98 Å². The molecule has 3 aromatic rings. The van der Waals surface area contributed by atoms with Gasteiger partial charge in [-0.25, -0.2) is 0 Å². The lowest BCUT2D eigenvalue weighted by Gasteiger charge is -2.11. The number of halogens is 1.